The second kappa shape index (κ2) is 5.42. The molecule has 1 aromatic rings. The summed E-state index contributed by atoms with van der Waals surface area (Å²) >= 11 is 5.60. The van der Waals surface area contributed by atoms with Gasteiger partial charge in [0.2, 0.25) is 0 Å². The molecule has 0 spiro atoms. The molecule has 0 saturated carbocycles. The summed E-state index contributed by atoms with van der Waals surface area (Å²) in [5.74, 6) is -0.200. The molecular weight excluding hydrogens is 240 g/mol. The van der Waals surface area contributed by atoms with Crippen LogP contribution in [0.25, 0.3) is 0 Å². The van der Waals surface area contributed by atoms with Gasteiger partial charge in [0.15, 0.2) is 0 Å². The zero-order valence-electron chi connectivity index (χ0n) is 9.69. The number of likely N-dealkylation sites (N-methyl/N-ethyl adjacent to an activating group) is 1. The summed E-state index contributed by atoms with van der Waals surface area (Å²) in [6.07, 6.45) is 5.08. The summed E-state index contributed by atoms with van der Waals surface area (Å²) in [6.45, 7) is 1.75. The summed E-state index contributed by atoms with van der Waals surface area (Å²) in [7, 11) is 2.08. The lowest BCUT2D eigenvalue weighted by Crippen LogP contribution is -2.38. The van der Waals surface area contributed by atoms with Crippen molar-refractivity contribution < 1.29 is 4.79 Å². The minimum Gasteiger partial charge on any atom is -0.349 e. The molecule has 1 aliphatic rings. The number of carbonyl (C=O) groups is 1. The van der Waals surface area contributed by atoms with E-state index in [1.54, 1.807) is 0 Å². The molecule has 2 rings (SSSR count). The van der Waals surface area contributed by atoms with Gasteiger partial charge in [0.1, 0.15) is 10.8 Å². The Morgan fingerprint density at radius 2 is 2.41 bits per heavy atom. The molecule has 1 aliphatic heterocycles. The summed E-state index contributed by atoms with van der Waals surface area (Å²) in [6, 6.07) is 0.430. The summed E-state index contributed by atoms with van der Waals surface area (Å²) < 4.78 is 0. The van der Waals surface area contributed by atoms with Gasteiger partial charge in [0.05, 0.1) is 12.4 Å². The molecule has 0 aromatic carbocycles. The fourth-order valence-corrected chi connectivity index (χ4v) is 2.07. The van der Waals surface area contributed by atoms with Crippen molar-refractivity contribution in [3.8, 4) is 0 Å². The Morgan fingerprint density at radius 1 is 1.59 bits per heavy atom. The first-order chi connectivity index (χ1) is 8.16. The van der Waals surface area contributed by atoms with Gasteiger partial charge in [-0.2, -0.15) is 0 Å². The molecule has 2 heterocycles. The number of carbonyl (C=O) groups excluding carboxylic acids is 1. The van der Waals surface area contributed by atoms with E-state index in [9.17, 15) is 4.79 Å². The van der Waals surface area contributed by atoms with Gasteiger partial charge in [-0.1, -0.05) is 11.6 Å². The van der Waals surface area contributed by atoms with Crippen LogP contribution < -0.4 is 5.32 Å². The SMILES string of the molecule is CN1CCCC1CNC(=O)c1cnc(Cl)cn1. The normalized spacial score (nSPS) is 20.5. The number of aromatic nitrogens is 2. The quantitative estimate of drug-likeness (QED) is 0.873. The molecule has 1 saturated heterocycles. The second-order valence-corrected chi connectivity index (χ2v) is 4.60. The Bertz CT molecular complexity index is 395. The fourth-order valence-electron chi connectivity index (χ4n) is 1.97. The lowest BCUT2D eigenvalue weighted by atomic mass is 10.2. The molecule has 92 valence electrons. The first kappa shape index (κ1) is 12.3. The molecular formula is C11H15ClN4O. The van der Waals surface area contributed by atoms with Crippen LogP contribution in [0.1, 0.15) is 23.3 Å². The van der Waals surface area contributed by atoms with Crippen LogP contribution in [-0.4, -0.2) is 47.0 Å². The third-order valence-electron chi connectivity index (χ3n) is 3.02. The molecule has 0 aliphatic carbocycles. The monoisotopic (exact) mass is 254 g/mol. The minimum absolute atomic E-state index is 0.200. The highest BCUT2D eigenvalue weighted by molar-refractivity contribution is 6.29. The van der Waals surface area contributed by atoms with E-state index >= 15 is 0 Å². The summed E-state index contributed by atoms with van der Waals surface area (Å²) in [4.78, 5) is 21.8. The highest BCUT2D eigenvalue weighted by Gasteiger charge is 2.21. The minimum atomic E-state index is -0.200. The maximum absolute atomic E-state index is 11.7. The number of nitrogens with one attached hydrogen (secondary N) is 1. The predicted octanol–water partition coefficient (Wildman–Crippen LogP) is 0.954. The third-order valence-corrected chi connectivity index (χ3v) is 3.22. The molecule has 1 atom stereocenters. The van der Waals surface area contributed by atoms with Gasteiger partial charge in [-0.05, 0) is 26.4 Å². The number of hydrogen-bond acceptors (Lipinski definition) is 4. The van der Waals surface area contributed by atoms with E-state index in [1.165, 1.54) is 18.8 Å². The van der Waals surface area contributed by atoms with Crippen LogP contribution in [0.4, 0.5) is 0 Å². The molecule has 0 radical (unpaired) electrons. The molecule has 1 N–H and O–H groups in total. The molecule has 17 heavy (non-hydrogen) atoms. The van der Waals surface area contributed by atoms with Crippen LogP contribution >= 0.6 is 11.6 Å². The maximum Gasteiger partial charge on any atom is 0.271 e. The molecule has 1 unspecified atom stereocenters. The van der Waals surface area contributed by atoms with E-state index in [0.717, 1.165) is 13.0 Å². The molecule has 0 bridgehead atoms. The highest BCUT2D eigenvalue weighted by atomic mass is 35.5. The van der Waals surface area contributed by atoms with Crippen LogP contribution in [0.2, 0.25) is 5.15 Å². The van der Waals surface area contributed by atoms with Gasteiger partial charge in [-0.25, -0.2) is 9.97 Å². The van der Waals surface area contributed by atoms with Gasteiger partial charge < -0.3 is 10.2 Å². The first-order valence-corrected chi connectivity index (χ1v) is 6.00. The number of amides is 1. The van der Waals surface area contributed by atoms with Gasteiger partial charge >= 0.3 is 0 Å². The molecule has 5 nitrogen and oxygen atoms in total. The van der Waals surface area contributed by atoms with Crippen molar-refractivity contribution in [3.05, 3.63) is 23.2 Å². The largest absolute Gasteiger partial charge is 0.349 e. The zero-order chi connectivity index (χ0) is 12.3. The van der Waals surface area contributed by atoms with Crippen molar-refractivity contribution >= 4 is 17.5 Å². The standard InChI is InChI=1S/C11H15ClN4O/c1-16-4-2-3-8(16)5-15-11(17)9-6-14-10(12)7-13-9/h6-8H,2-5H2,1H3,(H,15,17). The lowest BCUT2D eigenvalue weighted by molar-refractivity contribution is 0.0938. The zero-order valence-corrected chi connectivity index (χ0v) is 10.4. The Kier molecular flexibility index (Phi) is 3.91. The number of hydrogen-bond donors (Lipinski definition) is 1. The average molecular weight is 255 g/mol. The Labute approximate surface area is 105 Å². The van der Waals surface area contributed by atoms with Crippen LogP contribution in [0.15, 0.2) is 12.4 Å². The number of likely N-dealkylation sites (tertiary alicyclic amines) is 1. The van der Waals surface area contributed by atoms with Crippen LogP contribution in [0.5, 0.6) is 0 Å². The van der Waals surface area contributed by atoms with Crippen molar-refractivity contribution in [1.29, 1.82) is 0 Å². The lowest BCUT2D eigenvalue weighted by Gasteiger charge is -2.19. The predicted molar refractivity (Wildman–Crippen MR) is 65.0 cm³/mol. The van der Waals surface area contributed by atoms with E-state index in [0.29, 0.717) is 18.3 Å². The van der Waals surface area contributed by atoms with Gasteiger partial charge in [0, 0.05) is 12.6 Å². The average Bonchev–Trinajstić information content (AvgIpc) is 2.73. The molecule has 1 amide bonds. The smallest absolute Gasteiger partial charge is 0.271 e. The van der Waals surface area contributed by atoms with Crippen LogP contribution in [0.3, 0.4) is 0 Å². The van der Waals surface area contributed by atoms with Crippen molar-refractivity contribution in [2.24, 2.45) is 0 Å². The van der Waals surface area contributed by atoms with Crippen molar-refractivity contribution in [2.75, 3.05) is 20.1 Å². The van der Waals surface area contributed by atoms with E-state index in [2.05, 4.69) is 27.2 Å². The Balaban J connectivity index is 1.87. The number of halogens is 1. The van der Waals surface area contributed by atoms with Crippen LogP contribution in [0, 0.1) is 0 Å². The fraction of sp³-hybridized carbons (Fsp3) is 0.545. The second-order valence-electron chi connectivity index (χ2n) is 4.21. The Hall–Kier alpha value is -1.20. The number of rotatable bonds is 3. The van der Waals surface area contributed by atoms with E-state index in [-0.39, 0.29) is 11.1 Å². The van der Waals surface area contributed by atoms with Crippen molar-refractivity contribution in [3.63, 3.8) is 0 Å². The molecule has 6 heteroatoms. The Morgan fingerprint density at radius 3 is 3.00 bits per heavy atom. The van der Waals surface area contributed by atoms with Crippen LogP contribution in [-0.2, 0) is 0 Å². The molecule has 1 aromatic heterocycles. The van der Waals surface area contributed by atoms with Crippen molar-refractivity contribution in [2.45, 2.75) is 18.9 Å². The molecule has 1 fully saturated rings. The van der Waals surface area contributed by atoms with E-state index in [1.807, 2.05) is 0 Å². The first-order valence-electron chi connectivity index (χ1n) is 5.63. The topological polar surface area (TPSA) is 58.1 Å². The third kappa shape index (κ3) is 3.14. The van der Waals surface area contributed by atoms with E-state index < -0.39 is 0 Å². The van der Waals surface area contributed by atoms with Gasteiger partial charge in [-0.15, -0.1) is 0 Å². The van der Waals surface area contributed by atoms with Gasteiger partial charge in [0.25, 0.3) is 5.91 Å². The highest BCUT2D eigenvalue weighted by Crippen LogP contribution is 2.13. The number of nitrogens with zero attached hydrogens (tertiary/aromatic N) is 3. The maximum atomic E-state index is 11.7. The van der Waals surface area contributed by atoms with Gasteiger partial charge in [-0.3, -0.25) is 4.79 Å². The van der Waals surface area contributed by atoms with E-state index in [4.69, 9.17) is 11.6 Å². The van der Waals surface area contributed by atoms with Crippen molar-refractivity contribution in [1.82, 2.24) is 20.2 Å². The summed E-state index contributed by atoms with van der Waals surface area (Å²) in [5, 5.41) is 3.15. The summed E-state index contributed by atoms with van der Waals surface area (Å²) in [5.41, 5.74) is 0.301.